The molecule has 3 amide bonds. The molecule has 4 N–H and O–H groups in total. The van der Waals surface area contributed by atoms with Gasteiger partial charge in [0.2, 0.25) is 11.7 Å². The van der Waals surface area contributed by atoms with Gasteiger partial charge in [-0.2, -0.15) is 5.21 Å². The van der Waals surface area contributed by atoms with Crippen molar-refractivity contribution in [2.24, 2.45) is 17.8 Å². The number of hydrogen-bond donors (Lipinski definition) is 4. The fourth-order valence-corrected chi connectivity index (χ4v) is 8.80. The van der Waals surface area contributed by atoms with Gasteiger partial charge in [0.05, 0.1) is 0 Å². The third-order valence-corrected chi connectivity index (χ3v) is 12.3. The Balaban J connectivity index is 1.08. The molecular weight excluding hydrogens is 771 g/mol. The highest BCUT2D eigenvalue weighted by molar-refractivity contribution is 5.96. The maximum absolute atomic E-state index is 14.0. The lowest BCUT2D eigenvalue weighted by atomic mass is 9.77. The number of carbonyl (C=O) groups is 4. The Hall–Kier alpha value is -5.50. The first-order valence-electron chi connectivity index (χ1n) is 22.0. The van der Waals surface area contributed by atoms with Crippen LogP contribution < -0.4 is 16.0 Å². The molecule has 2 aliphatic carbocycles. The van der Waals surface area contributed by atoms with Crippen LogP contribution in [0.5, 0.6) is 0 Å². The van der Waals surface area contributed by atoms with Crippen LogP contribution in [0.15, 0.2) is 60.8 Å². The van der Waals surface area contributed by atoms with E-state index in [4.69, 9.17) is 4.74 Å². The number of nitrogens with one attached hydrogen (secondary N) is 4. The molecule has 2 fully saturated rings. The van der Waals surface area contributed by atoms with Crippen LogP contribution in [-0.2, 0) is 20.7 Å². The van der Waals surface area contributed by atoms with Gasteiger partial charge in [0.25, 0.3) is 5.91 Å². The van der Waals surface area contributed by atoms with E-state index in [-0.39, 0.29) is 41.9 Å². The molecule has 0 radical (unpaired) electrons. The summed E-state index contributed by atoms with van der Waals surface area (Å²) in [6.45, 7) is 14.5. The first-order chi connectivity index (χ1) is 29.3. The van der Waals surface area contributed by atoms with Gasteiger partial charge in [0.1, 0.15) is 17.1 Å². The van der Waals surface area contributed by atoms with E-state index >= 15 is 0 Å². The fourth-order valence-electron chi connectivity index (χ4n) is 8.80. The molecule has 0 spiro atoms. The normalized spacial score (nSPS) is 19.8. The van der Waals surface area contributed by atoms with Crippen molar-refractivity contribution in [3.63, 3.8) is 0 Å². The number of aromatic amines is 1. The minimum atomic E-state index is -0.602. The molecule has 2 aromatic carbocycles. The van der Waals surface area contributed by atoms with Crippen LogP contribution in [0.2, 0.25) is 0 Å². The molecule has 2 aliphatic rings. The smallest absolute Gasteiger partial charge is 0.407 e. The maximum atomic E-state index is 14.0. The lowest BCUT2D eigenvalue weighted by molar-refractivity contribution is -0.129. The van der Waals surface area contributed by atoms with Gasteiger partial charge in [-0.25, -0.2) is 4.79 Å². The van der Waals surface area contributed by atoms with Gasteiger partial charge < -0.3 is 25.6 Å². The number of nitrogens with zero attached hydrogens (tertiary/aromatic N) is 5. The number of alkyl carbamates (subject to hydrolysis) is 1. The molecule has 0 aliphatic heterocycles. The quantitative estimate of drug-likeness (QED) is 0.0872. The van der Waals surface area contributed by atoms with Gasteiger partial charge >= 0.3 is 6.09 Å². The minimum absolute atomic E-state index is 0.0842. The van der Waals surface area contributed by atoms with Crippen LogP contribution in [-0.4, -0.2) is 91.5 Å². The van der Waals surface area contributed by atoms with Crippen molar-refractivity contribution in [3.05, 3.63) is 77.6 Å². The van der Waals surface area contributed by atoms with Gasteiger partial charge in [-0.3, -0.25) is 19.4 Å². The molecule has 0 unspecified atom stereocenters. The number of aryl methyl sites for hydroxylation is 1. The van der Waals surface area contributed by atoms with E-state index in [2.05, 4.69) is 60.3 Å². The molecular formula is C47H63N9O5. The Morgan fingerprint density at radius 1 is 0.885 bits per heavy atom. The number of Topliss-reactive ketones (excluding diaryl/α,β-unsaturated/α-hetero) is 1. The molecule has 0 saturated heterocycles. The number of hydrogen-bond acceptors (Lipinski definition) is 10. The standard InChI is InChI=1S/C47H63N9O5/c1-7-56(8-2)39-23-21-38(22-24-39)51-45(59)41-25-30(3)40(29-48-41)33-13-9-31(10-14-33)26-36(44(58)50-37-19-17-35(18-20-37)43-52-54-55-53-43)27-42(57)34-15-11-32(12-16-34)28-49-46(60)61-47(4,5)6/h9-10,13-14,17-20,25,29,32,34,36,38-39H,7-8,11-12,15-16,21-24,26-28H2,1-6H3,(H,49,60)(H,50,58)(H,51,59)(H,52,53,54,55)/t32?,34?,36-,38?,39?/m1/s1. The summed E-state index contributed by atoms with van der Waals surface area (Å²) in [5.41, 5.74) is 4.96. The van der Waals surface area contributed by atoms with Crippen molar-refractivity contribution in [3.8, 4) is 22.5 Å². The number of pyridine rings is 1. The predicted octanol–water partition coefficient (Wildman–Crippen LogP) is 7.71. The SMILES string of the molecule is CCN(CC)C1CCC(NC(=O)c2cc(C)c(-c3ccc(C[C@H](CC(=O)C4CCC(CNC(=O)OC(C)(C)C)CC4)C(=O)Nc4ccc(-c5nn[nH]n5)cc4)cc3)cn2)CC1. The number of ether oxygens (including phenoxy) is 1. The number of H-pyrrole nitrogens is 1. The van der Waals surface area contributed by atoms with E-state index in [0.29, 0.717) is 49.1 Å². The first-order valence-corrected chi connectivity index (χ1v) is 22.0. The summed E-state index contributed by atoms with van der Waals surface area (Å²) in [6, 6.07) is 17.8. The molecule has 6 rings (SSSR count). The number of anilines is 1. The second-order valence-corrected chi connectivity index (χ2v) is 17.8. The Labute approximate surface area is 359 Å². The van der Waals surface area contributed by atoms with Crippen molar-refractivity contribution in [2.75, 3.05) is 25.0 Å². The summed E-state index contributed by atoms with van der Waals surface area (Å²) in [6.07, 6.45) is 9.00. The Bertz CT molecular complexity index is 2060. The van der Waals surface area contributed by atoms with E-state index in [1.165, 1.54) is 0 Å². The fraction of sp³-hybridized carbons (Fsp3) is 0.532. The average Bonchev–Trinajstić information content (AvgIpc) is 3.79. The topological polar surface area (TPSA) is 184 Å². The Kier molecular flexibility index (Phi) is 15.4. The van der Waals surface area contributed by atoms with Crippen LogP contribution in [0.3, 0.4) is 0 Å². The van der Waals surface area contributed by atoms with Gasteiger partial charge in [0.15, 0.2) is 0 Å². The zero-order valence-electron chi connectivity index (χ0n) is 36.6. The van der Waals surface area contributed by atoms with Crippen molar-refractivity contribution in [2.45, 2.75) is 123 Å². The Morgan fingerprint density at radius 2 is 1.56 bits per heavy atom. The molecule has 61 heavy (non-hydrogen) atoms. The van der Waals surface area contributed by atoms with E-state index < -0.39 is 17.6 Å². The second-order valence-electron chi connectivity index (χ2n) is 17.8. The van der Waals surface area contributed by atoms with Crippen LogP contribution in [0.4, 0.5) is 10.5 Å². The van der Waals surface area contributed by atoms with Gasteiger partial charge in [0, 0.05) is 59.9 Å². The summed E-state index contributed by atoms with van der Waals surface area (Å²) in [5.74, 6) is -0.308. The summed E-state index contributed by atoms with van der Waals surface area (Å²) < 4.78 is 5.38. The van der Waals surface area contributed by atoms with E-state index in [0.717, 1.165) is 79.4 Å². The lowest BCUT2D eigenvalue weighted by Gasteiger charge is -2.36. The second kappa shape index (κ2) is 20.8. The molecule has 2 aromatic heterocycles. The predicted molar refractivity (Wildman–Crippen MR) is 236 cm³/mol. The van der Waals surface area contributed by atoms with Crippen LogP contribution >= 0.6 is 0 Å². The van der Waals surface area contributed by atoms with Crippen molar-refractivity contribution < 1.29 is 23.9 Å². The number of benzene rings is 2. The highest BCUT2D eigenvalue weighted by Crippen LogP contribution is 2.32. The molecule has 14 nitrogen and oxygen atoms in total. The number of ketones is 1. The number of tetrazole rings is 1. The number of aromatic nitrogens is 5. The van der Waals surface area contributed by atoms with Gasteiger partial charge in [-0.1, -0.05) is 38.1 Å². The van der Waals surface area contributed by atoms with Gasteiger partial charge in [-0.15, -0.1) is 10.2 Å². The molecule has 4 aromatic rings. The summed E-state index contributed by atoms with van der Waals surface area (Å²) >= 11 is 0. The molecule has 0 bridgehead atoms. The van der Waals surface area contributed by atoms with E-state index in [1.807, 2.05) is 70.2 Å². The zero-order chi connectivity index (χ0) is 43.5. The van der Waals surface area contributed by atoms with Crippen molar-refractivity contribution >= 4 is 29.4 Å². The number of carbonyl (C=O) groups excluding carboxylic acids is 4. The molecule has 14 heteroatoms. The van der Waals surface area contributed by atoms with Crippen molar-refractivity contribution in [1.82, 2.24) is 41.1 Å². The van der Waals surface area contributed by atoms with Crippen molar-refractivity contribution in [1.29, 1.82) is 0 Å². The van der Waals surface area contributed by atoms with E-state index in [1.54, 1.807) is 18.3 Å². The highest BCUT2D eigenvalue weighted by Gasteiger charge is 2.31. The van der Waals surface area contributed by atoms with Gasteiger partial charge in [-0.05, 0) is 157 Å². The summed E-state index contributed by atoms with van der Waals surface area (Å²) in [7, 11) is 0. The minimum Gasteiger partial charge on any atom is -0.444 e. The first kappa shape index (κ1) is 45.0. The third-order valence-electron chi connectivity index (χ3n) is 12.3. The summed E-state index contributed by atoms with van der Waals surface area (Å²) in [4.78, 5) is 60.3. The number of rotatable bonds is 16. The van der Waals surface area contributed by atoms with Crippen LogP contribution in [0, 0.1) is 24.7 Å². The maximum Gasteiger partial charge on any atom is 0.407 e. The number of amides is 3. The lowest BCUT2D eigenvalue weighted by Crippen LogP contribution is -2.44. The molecule has 1 atom stereocenters. The molecule has 2 heterocycles. The molecule has 2 saturated carbocycles. The Morgan fingerprint density at radius 3 is 2.16 bits per heavy atom. The molecule has 326 valence electrons. The van der Waals surface area contributed by atoms with E-state index in [9.17, 15) is 19.2 Å². The third kappa shape index (κ3) is 12.8. The van der Waals surface area contributed by atoms with Crippen LogP contribution in [0.1, 0.15) is 114 Å². The van der Waals surface area contributed by atoms with Crippen LogP contribution in [0.25, 0.3) is 22.5 Å². The zero-order valence-corrected chi connectivity index (χ0v) is 36.6. The largest absolute Gasteiger partial charge is 0.444 e. The highest BCUT2D eigenvalue weighted by atomic mass is 16.6. The summed E-state index contributed by atoms with van der Waals surface area (Å²) in [5, 5.41) is 23.2. The average molecular weight is 834 g/mol. The monoisotopic (exact) mass is 833 g/mol.